The van der Waals surface area contributed by atoms with Gasteiger partial charge in [-0.05, 0) is 17.9 Å². The van der Waals surface area contributed by atoms with Crippen LogP contribution in [0.4, 0.5) is 0 Å². The zero-order chi connectivity index (χ0) is 16.2. The first-order chi connectivity index (χ1) is 10.4. The van der Waals surface area contributed by atoms with E-state index in [0.29, 0.717) is 18.1 Å². The van der Waals surface area contributed by atoms with Crippen LogP contribution in [0.25, 0.3) is 0 Å². The highest BCUT2D eigenvalue weighted by molar-refractivity contribution is 7.89. The summed E-state index contributed by atoms with van der Waals surface area (Å²) < 4.78 is 32.3. The molecule has 120 valence electrons. The lowest BCUT2D eigenvalue weighted by Gasteiger charge is -2.17. The summed E-state index contributed by atoms with van der Waals surface area (Å²) in [4.78, 5) is 4.10. The first-order valence-electron chi connectivity index (χ1n) is 7.26. The van der Waals surface area contributed by atoms with E-state index < -0.39 is 16.1 Å². The molecule has 2 rings (SSSR count). The van der Waals surface area contributed by atoms with Crippen LogP contribution < -0.4 is 4.72 Å². The van der Waals surface area contributed by atoms with Crippen LogP contribution in [0.15, 0.2) is 34.9 Å². The van der Waals surface area contributed by atoms with Gasteiger partial charge in [-0.2, -0.15) is 4.98 Å². The number of aryl methyl sites for hydroxylation is 1. The molecule has 6 nitrogen and oxygen atoms in total. The van der Waals surface area contributed by atoms with Crippen molar-refractivity contribution in [2.45, 2.75) is 39.2 Å². The summed E-state index contributed by atoms with van der Waals surface area (Å²) in [5.74, 6) is 0.717. The van der Waals surface area contributed by atoms with Crippen LogP contribution >= 0.6 is 0 Å². The molecule has 0 radical (unpaired) electrons. The van der Waals surface area contributed by atoms with Gasteiger partial charge >= 0.3 is 0 Å². The average Bonchev–Trinajstić information content (AvgIpc) is 2.91. The van der Waals surface area contributed by atoms with Crippen molar-refractivity contribution < 1.29 is 12.9 Å². The third-order valence-electron chi connectivity index (χ3n) is 3.42. The molecular formula is C15H21N3O3S. The summed E-state index contributed by atoms with van der Waals surface area (Å²) in [7, 11) is -3.45. The molecule has 0 fully saturated rings. The van der Waals surface area contributed by atoms with Crippen molar-refractivity contribution >= 4 is 10.0 Å². The molecule has 0 saturated heterocycles. The zero-order valence-corrected chi connectivity index (χ0v) is 13.8. The molecule has 2 aromatic rings. The predicted molar refractivity (Wildman–Crippen MR) is 83.8 cm³/mol. The normalized spacial score (nSPS) is 14.7. The number of nitrogens with zero attached hydrogens (tertiary/aromatic N) is 2. The van der Waals surface area contributed by atoms with Gasteiger partial charge in [0.05, 0.1) is 11.8 Å². The monoisotopic (exact) mass is 323 g/mol. The van der Waals surface area contributed by atoms with E-state index >= 15 is 0 Å². The molecule has 0 bridgehead atoms. The Labute approximate surface area is 131 Å². The van der Waals surface area contributed by atoms with Gasteiger partial charge in [0.15, 0.2) is 5.82 Å². The quantitative estimate of drug-likeness (QED) is 0.846. The zero-order valence-electron chi connectivity index (χ0n) is 13.0. The van der Waals surface area contributed by atoms with Gasteiger partial charge in [0.2, 0.25) is 15.9 Å². The smallest absolute Gasteiger partial charge is 0.223 e. The van der Waals surface area contributed by atoms with Gasteiger partial charge in [0.25, 0.3) is 0 Å². The van der Waals surface area contributed by atoms with E-state index in [-0.39, 0.29) is 11.7 Å². The van der Waals surface area contributed by atoms with E-state index in [1.165, 1.54) is 0 Å². The van der Waals surface area contributed by atoms with Crippen LogP contribution in [-0.4, -0.2) is 24.3 Å². The molecule has 1 heterocycles. The lowest BCUT2D eigenvalue weighted by molar-refractivity contribution is 0.380. The summed E-state index contributed by atoms with van der Waals surface area (Å²) in [6.45, 7) is 5.45. The fourth-order valence-electron chi connectivity index (χ4n) is 2.25. The second-order valence-electron chi connectivity index (χ2n) is 5.34. The maximum absolute atomic E-state index is 12.4. The van der Waals surface area contributed by atoms with Crippen molar-refractivity contribution in [3.8, 4) is 0 Å². The molecule has 0 aliphatic heterocycles. The molecule has 1 N–H and O–H groups in total. The summed E-state index contributed by atoms with van der Waals surface area (Å²) in [6, 6.07) is 9.12. The van der Waals surface area contributed by atoms with Gasteiger partial charge in [0, 0.05) is 6.92 Å². The second-order valence-corrected chi connectivity index (χ2v) is 7.14. The topological polar surface area (TPSA) is 85.1 Å². The van der Waals surface area contributed by atoms with Crippen molar-refractivity contribution in [3.05, 3.63) is 47.6 Å². The van der Waals surface area contributed by atoms with Crippen LogP contribution in [0.2, 0.25) is 0 Å². The van der Waals surface area contributed by atoms with Crippen LogP contribution in [0.5, 0.6) is 0 Å². The first kappa shape index (κ1) is 16.6. The summed E-state index contributed by atoms with van der Waals surface area (Å²) >= 11 is 0. The van der Waals surface area contributed by atoms with Crippen molar-refractivity contribution in [2.75, 3.05) is 5.75 Å². The molecule has 2 unspecified atom stereocenters. The number of aromatic nitrogens is 2. The highest BCUT2D eigenvalue weighted by Crippen LogP contribution is 2.19. The van der Waals surface area contributed by atoms with Crippen molar-refractivity contribution in [3.63, 3.8) is 0 Å². The van der Waals surface area contributed by atoms with Crippen LogP contribution in [0.1, 0.15) is 49.5 Å². The minimum absolute atomic E-state index is 0.0182. The Morgan fingerprint density at radius 1 is 1.27 bits per heavy atom. The van der Waals surface area contributed by atoms with Crippen molar-refractivity contribution in [1.29, 1.82) is 0 Å². The molecule has 1 aromatic carbocycles. The number of nitrogens with one attached hydrogen (secondary N) is 1. The Morgan fingerprint density at radius 3 is 2.50 bits per heavy atom. The number of benzene rings is 1. The lowest BCUT2D eigenvalue weighted by Crippen LogP contribution is -2.32. The van der Waals surface area contributed by atoms with Gasteiger partial charge < -0.3 is 4.52 Å². The Bertz CT molecular complexity index is 698. The van der Waals surface area contributed by atoms with Crippen molar-refractivity contribution in [2.24, 2.45) is 0 Å². The Balaban J connectivity index is 2.06. The molecule has 7 heteroatoms. The average molecular weight is 323 g/mol. The first-order valence-corrected chi connectivity index (χ1v) is 8.91. The fourth-order valence-corrected chi connectivity index (χ4v) is 3.90. The molecule has 0 aliphatic rings. The van der Waals surface area contributed by atoms with E-state index in [0.717, 1.165) is 5.56 Å². The minimum atomic E-state index is -3.45. The standard InChI is InChI=1S/C15H21N3O3S/c1-4-14(15-16-12(3)21-17-15)18-22(19,20)10-11(2)13-8-6-5-7-9-13/h5-9,11,14,18H,4,10H2,1-3H3. The predicted octanol–water partition coefficient (Wildman–Crippen LogP) is 2.55. The number of hydrogen-bond acceptors (Lipinski definition) is 5. The molecule has 2 atom stereocenters. The van der Waals surface area contributed by atoms with Gasteiger partial charge in [-0.3, -0.25) is 0 Å². The maximum Gasteiger partial charge on any atom is 0.223 e. The molecule has 0 spiro atoms. The van der Waals surface area contributed by atoms with E-state index in [4.69, 9.17) is 4.52 Å². The third kappa shape index (κ3) is 4.38. The Hall–Kier alpha value is -1.73. The van der Waals surface area contributed by atoms with Gasteiger partial charge in [-0.15, -0.1) is 0 Å². The maximum atomic E-state index is 12.4. The minimum Gasteiger partial charge on any atom is -0.340 e. The van der Waals surface area contributed by atoms with E-state index in [2.05, 4.69) is 14.9 Å². The largest absolute Gasteiger partial charge is 0.340 e. The number of hydrogen-bond donors (Lipinski definition) is 1. The van der Waals surface area contributed by atoms with E-state index in [1.807, 2.05) is 44.2 Å². The molecule has 1 aromatic heterocycles. The molecule has 0 aliphatic carbocycles. The van der Waals surface area contributed by atoms with Gasteiger partial charge in [0.1, 0.15) is 0 Å². The van der Waals surface area contributed by atoms with Crippen molar-refractivity contribution in [1.82, 2.24) is 14.9 Å². The number of sulfonamides is 1. The lowest BCUT2D eigenvalue weighted by atomic mass is 10.0. The Kier molecular flexibility index (Phi) is 5.31. The van der Waals surface area contributed by atoms with Crippen LogP contribution in [0, 0.1) is 6.92 Å². The van der Waals surface area contributed by atoms with Crippen LogP contribution in [0.3, 0.4) is 0 Å². The van der Waals surface area contributed by atoms with E-state index in [9.17, 15) is 8.42 Å². The Morgan fingerprint density at radius 2 is 1.95 bits per heavy atom. The van der Waals surface area contributed by atoms with E-state index in [1.54, 1.807) is 6.92 Å². The fraction of sp³-hybridized carbons (Fsp3) is 0.467. The van der Waals surface area contributed by atoms with Gasteiger partial charge in [-0.25, -0.2) is 13.1 Å². The van der Waals surface area contributed by atoms with Gasteiger partial charge in [-0.1, -0.05) is 49.3 Å². The second kappa shape index (κ2) is 7.02. The molecule has 22 heavy (non-hydrogen) atoms. The van der Waals surface area contributed by atoms with Crippen LogP contribution in [-0.2, 0) is 10.0 Å². The molecule has 0 saturated carbocycles. The third-order valence-corrected chi connectivity index (χ3v) is 5.01. The highest BCUT2D eigenvalue weighted by atomic mass is 32.2. The summed E-state index contributed by atoms with van der Waals surface area (Å²) in [5, 5.41) is 3.80. The summed E-state index contributed by atoms with van der Waals surface area (Å²) in [6.07, 6.45) is 0.553. The number of rotatable bonds is 7. The molecule has 0 amide bonds. The summed E-state index contributed by atoms with van der Waals surface area (Å²) in [5.41, 5.74) is 0.997. The SMILES string of the molecule is CCC(NS(=O)(=O)CC(C)c1ccccc1)c1noc(C)n1. The highest BCUT2D eigenvalue weighted by Gasteiger charge is 2.24. The molecular weight excluding hydrogens is 302 g/mol.